The average molecular weight is 456 g/mol. The lowest BCUT2D eigenvalue weighted by atomic mass is 10.1. The second kappa shape index (κ2) is 7.85. The van der Waals surface area contributed by atoms with Gasteiger partial charge in [0.25, 0.3) is 0 Å². The number of hydrogen-bond acceptors (Lipinski definition) is 4. The average Bonchev–Trinajstić information content (AvgIpc) is 3.29. The molecular weight excluding hydrogens is 438 g/mol. The molecule has 1 atom stereocenters. The summed E-state index contributed by atoms with van der Waals surface area (Å²) in [5.41, 5.74) is 3.40. The highest BCUT2D eigenvalue weighted by atomic mass is 79.9. The first kappa shape index (κ1) is 18.8. The van der Waals surface area contributed by atoms with Crippen LogP contribution in [0.5, 0.6) is 0 Å². The van der Waals surface area contributed by atoms with Crippen LogP contribution in [0.25, 0.3) is 11.3 Å². The zero-order chi connectivity index (χ0) is 19.7. The molecule has 28 heavy (non-hydrogen) atoms. The number of rotatable bonds is 4. The van der Waals surface area contributed by atoms with Crippen molar-refractivity contribution in [3.05, 3.63) is 63.4 Å². The molecule has 0 spiro atoms. The summed E-state index contributed by atoms with van der Waals surface area (Å²) in [6.07, 6.45) is 0.502. The van der Waals surface area contributed by atoms with Crippen molar-refractivity contribution in [2.24, 2.45) is 5.92 Å². The molecule has 1 fully saturated rings. The Bertz CT molecular complexity index is 1030. The largest absolute Gasteiger partial charge is 0.325 e. The number of nitrogens with zero attached hydrogens (tertiary/aromatic N) is 2. The number of halogens is 1. The summed E-state index contributed by atoms with van der Waals surface area (Å²) >= 11 is 5.08. The van der Waals surface area contributed by atoms with E-state index in [1.165, 1.54) is 0 Å². The molecule has 1 aromatic heterocycles. The van der Waals surface area contributed by atoms with E-state index in [9.17, 15) is 9.59 Å². The maximum atomic E-state index is 12.8. The van der Waals surface area contributed by atoms with E-state index in [4.69, 9.17) is 0 Å². The van der Waals surface area contributed by atoms with E-state index in [-0.39, 0.29) is 11.8 Å². The minimum Gasteiger partial charge on any atom is -0.325 e. The molecular formula is C21H18BrN3O2S. The van der Waals surface area contributed by atoms with Gasteiger partial charge in [-0.3, -0.25) is 9.59 Å². The zero-order valence-electron chi connectivity index (χ0n) is 15.2. The lowest BCUT2D eigenvalue weighted by Crippen LogP contribution is -2.33. The van der Waals surface area contributed by atoms with Crippen LogP contribution >= 0.6 is 27.3 Å². The van der Waals surface area contributed by atoms with Crippen molar-refractivity contribution >= 4 is 50.5 Å². The van der Waals surface area contributed by atoms with Crippen LogP contribution in [0, 0.1) is 12.8 Å². The first-order valence-electron chi connectivity index (χ1n) is 8.92. The molecule has 4 rings (SSSR count). The fourth-order valence-electron chi connectivity index (χ4n) is 3.28. The van der Waals surface area contributed by atoms with E-state index < -0.39 is 5.92 Å². The predicted octanol–water partition coefficient (Wildman–Crippen LogP) is 4.87. The van der Waals surface area contributed by atoms with Crippen LogP contribution in [-0.4, -0.2) is 23.3 Å². The van der Waals surface area contributed by atoms with Gasteiger partial charge >= 0.3 is 0 Å². The Balaban J connectivity index is 1.44. The van der Waals surface area contributed by atoms with Gasteiger partial charge in [0, 0.05) is 27.6 Å². The predicted molar refractivity (Wildman–Crippen MR) is 116 cm³/mol. The Kier molecular flexibility index (Phi) is 5.28. The molecule has 0 aliphatic carbocycles. The summed E-state index contributed by atoms with van der Waals surface area (Å²) in [5.74, 6) is -1.11. The molecule has 0 saturated carbocycles. The number of hydrogen-bond donors (Lipinski definition) is 1. The second-order valence-corrected chi connectivity index (χ2v) is 8.52. The molecule has 7 heteroatoms. The molecule has 142 valence electrons. The molecule has 3 aromatic rings. The number of amides is 2. The van der Waals surface area contributed by atoms with Crippen LogP contribution in [0.15, 0.2) is 58.4 Å². The van der Waals surface area contributed by atoms with Crippen molar-refractivity contribution in [1.82, 2.24) is 4.98 Å². The minimum atomic E-state index is -0.673. The van der Waals surface area contributed by atoms with Crippen molar-refractivity contribution in [2.75, 3.05) is 16.8 Å². The van der Waals surface area contributed by atoms with Crippen molar-refractivity contribution in [1.29, 1.82) is 0 Å². The molecule has 2 amide bonds. The molecule has 1 N–H and O–H groups in total. The minimum absolute atomic E-state index is 0.168. The highest BCUT2D eigenvalue weighted by Gasteiger charge is 2.38. The van der Waals surface area contributed by atoms with Gasteiger partial charge in [0.1, 0.15) is 5.92 Å². The Morgan fingerprint density at radius 3 is 2.64 bits per heavy atom. The van der Waals surface area contributed by atoms with Gasteiger partial charge in [-0.15, -0.1) is 11.3 Å². The molecule has 0 bridgehead atoms. The summed E-state index contributed by atoms with van der Waals surface area (Å²) < 4.78 is 0.845. The number of thiazole rings is 1. The van der Waals surface area contributed by atoms with Gasteiger partial charge in [0.05, 0.1) is 16.4 Å². The number of para-hydroxylation sites is 1. The zero-order valence-corrected chi connectivity index (χ0v) is 17.6. The third kappa shape index (κ3) is 3.72. The quantitative estimate of drug-likeness (QED) is 0.570. The Morgan fingerprint density at radius 1 is 1.21 bits per heavy atom. The van der Waals surface area contributed by atoms with Crippen LogP contribution in [-0.2, 0) is 9.59 Å². The van der Waals surface area contributed by atoms with E-state index in [0.717, 1.165) is 26.4 Å². The van der Waals surface area contributed by atoms with Gasteiger partial charge in [-0.05, 0) is 53.5 Å². The van der Waals surface area contributed by atoms with Gasteiger partial charge in [-0.2, -0.15) is 0 Å². The van der Waals surface area contributed by atoms with E-state index >= 15 is 0 Å². The molecule has 1 aliphatic heterocycles. The maximum Gasteiger partial charge on any atom is 0.239 e. The van der Waals surface area contributed by atoms with Crippen molar-refractivity contribution in [2.45, 2.75) is 13.3 Å². The van der Waals surface area contributed by atoms with Gasteiger partial charge in [0.15, 0.2) is 0 Å². The highest BCUT2D eigenvalue weighted by Crippen LogP contribution is 2.32. The van der Waals surface area contributed by atoms with Crippen LogP contribution in [0.1, 0.15) is 11.4 Å². The van der Waals surface area contributed by atoms with Gasteiger partial charge in [-0.25, -0.2) is 4.98 Å². The van der Waals surface area contributed by atoms with E-state index in [1.54, 1.807) is 16.2 Å². The fraction of sp³-hybridized carbons (Fsp3) is 0.190. The summed E-state index contributed by atoms with van der Waals surface area (Å²) in [6.45, 7) is 2.50. The topological polar surface area (TPSA) is 62.3 Å². The van der Waals surface area contributed by atoms with Gasteiger partial charge in [-0.1, -0.05) is 24.3 Å². The van der Waals surface area contributed by atoms with E-state index in [1.807, 2.05) is 60.8 Å². The third-order valence-corrected chi connectivity index (χ3v) is 6.18. The van der Waals surface area contributed by atoms with Crippen LogP contribution in [0.4, 0.5) is 11.4 Å². The fourth-order valence-corrected chi connectivity index (χ4v) is 4.40. The number of anilines is 2. The molecule has 5 nitrogen and oxygen atoms in total. The van der Waals surface area contributed by atoms with Crippen LogP contribution < -0.4 is 10.2 Å². The number of benzene rings is 2. The summed E-state index contributed by atoms with van der Waals surface area (Å²) in [5, 5.41) is 5.89. The molecule has 0 radical (unpaired) electrons. The number of carbonyl (C=O) groups excluding carboxylic acids is 2. The smallest absolute Gasteiger partial charge is 0.239 e. The number of aryl methyl sites for hydroxylation is 1. The van der Waals surface area contributed by atoms with Gasteiger partial charge in [0.2, 0.25) is 11.8 Å². The van der Waals surface area contributed by atoms with Crippen LogP contribution in [0.3, 0.4) is 0 Å². The van der Waals surface area contributed by atoms with Crippen molar-refractivity contribution < 1.29 is 9.59 Å². The monoisotopic (exact) mass is 455 g/mol. The molecule has 2 heterocycles. The van der Waals surface area contributed by atoms with Crippen molar-refractivity contribution in [3.63, 3.8) is 0 Å². The summed E-state index contributed by atoms with van der Waals surface area (Å²) in [7, 11) is 0. The first-order valence-corrected chi connectivity index (χ1v) is 10.6. The lowest BCUT2D eigenvalue weighted by molar-refractivity contribution is -0.129. The lowest BCUT2D eigenvalue weighted by Gasteiger charge is -2.18. The number of aromatic nitrogens is 1. The van der Waals surface area contributed by atoms with E-state index in [2.05, 4.69) is 26.2 Å². The number of nitrogens with one attached hydrogen (secondary N) is 1. The molecule has 1 saturated heterocycles. The Morgan fingerprint density at radius 2 is 1.96 bits per heavy atom. The normalized spacial score (nSPS) is 16.4. The summed E-state index contributed by atoms with van der Waals surface area (Å²) in [4.78, 5) is 31.6. The van der Waals surface area contributed by atoms with Crippen LogP contribution in [0.2, 0.25) is 0 Å². The Hall–Kier alpha value is -2.51. The second-order valence-electron chi connectivity index (χ2n) is 6.60. The SMILES string of the molecule is Cc1nc(-c2ccc(NC(=O)C3CCN(c4ccccc4Br)C3=O)cc2)cs1. The molecule has 2 aromatic carbocycles. The molecule has 1 unspecified atom stereocenters. The highest BCUT2D eigenvalue weighted by molar-refractivity contribution is 9.10. The summed E-state index contributed by atoms with van der Waals surface area (Å²) in [6, 6.07) is 15.1. The standard InChI is InChI=1S/C21H18BrN3O2S/c1-13-23-18(12-28-13)14-6-8-15(9-7-14)24-20(26)16-10-11-25(21(16)27)19-5-3-2-4-17(19)22/h2-9,12,16H,10-11H2,1H3,(H,24,26). The number of carbonyl (C=O) groups is 2. The first-order chi connectivity index (χ1) is 13.5. The maximum absolute atomic E-state index is 12.8. The van der Waals surface area contributed by atoms with Crippen molar-refractivity contribution in [3.8, 4) is 11.3 Å². The van der Waals surface area contributed by atoms with E-state index in [0.29, 0.717) is 18.7 Å². The third-order valence-electron chi connectivity index (χ3n) is 4.73. The Labute approximate surface area is 175 Å². The molecule has 1 aliphatic rings. The van der Waals surface area contributed by atoms with Gasteiger partial charge < -0.3 is 10.2 Å².